The zero-order chi connectivity index (χ0) is 14.5. The standard InChI is InChI=1S/C14H12N2O4/c1-9-8-20-14(15-9)16-13(19)11-4-2-3-10(7-11)5-6-12(17)18/h2-8H,1H3,(H,17,18)(H,15,16,19)/b6-5+. The third-order valence-electron chi connectivity index (χ3n) is 2.41. The van der Waals surface area contributed by atoms with Gasteiger partial charge in [0.15, 0.2) is 0 Å². The molecule has 0 unspecified atom stereocenters. The summed E-state index contributed by atoms with van der Waals surface area (Å²) in [4.78, 5) is 26.4. The van der Waals surface area contributed by atoms with E-state index in [1.165, 1.54) is 12.3 Å². The first-order valence-electron chi connectivity index (χ1n) is 5.79. The number of carboxylic acid groups (broad SMARTS) is 1. The fraction of sp³-hybridized carbons (Fsp3) is 0.0714. The summed E-state index contributed by atoms with van der Waals surface area (Å²) < 4.78 is 5.03. The fourth-order valence-electron chi connectivity index (χ4n) is 1.53. The highest BCUT2D eigenvalue weighted by Crippen LogP contribution is 2.11. The van der Waals surface area contributed by atoms with Gasteiger partial charge in [0.2, 0.25) is 0 Å². The molecular weight excluding hydrogens is 260 g/mol. The Bertz CT molecular complexity index is 673. The molecule has 1 aromatic heterocycles. The zero-order valence-electron chi connectivity index (χ0n) is 10.7. The molecule has 0 atom stereocenters. The number of anilines is 1. The summed E-state index contributed by atoms with van der Waals surface area (Å²) in [6, 6.07) is 6.68. The molecule has 0 bridgehead atoms. The highest BCUT2D eigenvalue weighted by atomic mass is 16.4. The van der Waals surface area contributed by atoms with Crippen LogP contribution in [0, 0.1) is 6.92 Å². The quantitative estimate of drug-likeness (QED) is 0.833. The molecule has 102 valence electrons. The van der Waals surface area contributed by atoms with Crippen molar-refractivity contribution < 1.29 is 19.1 Å². The maximum absolute atomic E-state index is 12.0. The van der Waals surface area contributed by atoms with Crippen LogP contribution in [0.1, 0.15) is 21.6 Å². The van der Waals surface area contributed by atoms with Gasteiger partial charge in [-0.2, -0.15) is 4.98 Å². The van der Waals surface area contributed by atoms with E-state index in [0.29, 0.717) is 16.8 Å². The van der Waals surface area contributed by atoms with Gasteiger partial charge in [0, 0.05) is 11.6 Å². The molecule has 0 saturated carbocycles. The fourth-order valence-corrected chi connectivity index (χ4v) is 1.53. The predicted octanol–water partition coefficient (Wildman–Crippen LogP) is 2.33. The Kier molecular flexibility index (Phi) is 3.95. The van der Waals surface area contributed by atoms with Crippen LogP contribution in [0.4, 0.5) is 6.01 Å². The van der Waals surface area contributed by atoms with E-state index in [2.05, 4.69) is 10.3 Å². The average molecular weight is 272 g/mol. The number of amides is 1. The van der Waals surface area contributed by atoms with Gasteiger partial charge >= 0.3 is 12.0 Å². The van der Waals surface area contributed by atoms with Crippen LogP contribution >= 0.6 is 0 Å². The van der Waals surface area contributed by atoms with Gasteiger partial charge in [0.25, 0.3) is 5.91 Å². The van der Waals surface area contributed by atoms with Crippen molar-refractivity contribution in [2.75, 3.05) is 5.32 Å². The minimum atomic E-state index is -1.05. The highest BCUT2D eigenvalue weighted by molar-refractivity contribution is 6.03. The number of hydrogen-bond acceptors (Lipinski definition) is 4. The highest BCUT2D eigenvalue weighted by Gasteiger charge is 2.09. The van der Waals surface area contributed by atoms with Gasteiger partial charge in [0.05, 0.1) is 5.69 Å². The molecule has 6 nitrogen and oxygen atoms in total. The molecule has 0 aliphatic heterocycles. The number of aliphatic carboxylic acids is 1. The van der Waals surface area contributed by atoms with Crippen LogP contribution in [-0.2, 0) is 4.79 Å². The average Bonchev–Trinajstić information content (AvgIpc) is 2.82. The Morgan fingerprint density at radius 2 is 2.20 bits per heavy atom. The molecule has 0 fully saturated rings. The molecule has 2 rings (SSSR count). The number of carboxylic acids is 1. The van der Waals surface area contributed by atoms with Gasteiger partial charge < -0.3 is 9.52 Å². The molecule has 6 heteroatoms. The Morgan fingerprint density at radius 1 is 1.40 bits per heavy atom. The Balaban J connectivity index is 2.14. The SMILES string of the molecule is Cc1coc(NC(=O)c2cccc(/C=C/C(=O)O)c2)n1. The van der Waals surface area contributed by atoms with E-state index in [1.807, 2.05) is 0 Å². The molecule has 0 spiro atoms. The lowest BCUT2D eigenvalue weighted by Crippen LogP contribution is -2.12. The van der Waals surface area contributed by atoms with E-state index in [1.54, 1.807) is 31.2 Å². The number of oxazole rings is 1. The lowest BCUT2D eigenvalue weighted by atomic mass is 10.1. The molecule has 1 aromatic carbocycles. The molecule has 0 aliphatic carbocycles. The molecular formula is C14H12N2O4. The van der Waals surface area contributed by atoms with Crippen molar-refractivity contribution in [2.24, 2.45) is 0 Å². The molecule has 2 aromatic rings. The van der Waals surface area contributed by atoms with Gasteiger partial charge in [-0.25, -0.2) is 4.79 Å². The molecule has 0 saturated heterocycles. The van der Waals surface area contributed by atoms with Crippen LogP contribution in [0.2, 0.25) is 0 Å². The van der Waals surface area contributed by atoms with Gasteiger partial charge in [-0.05, 0) is 30.7 Å². The van der Waals surface area contributed by atoms with E-state index in [-0.39, 0.29) is 11.9 Å². The zero-order valence-corrected chi connectivity index (χ0v) is 10.7. The topological polar surface area (TPSA) is 92.4 Å². The number of nitrogens with one attached hydrogen (secondary N) is 1. The van der Waals surface area contributed by atoms with Crippen molar-refractivity contribution in [3.63, 3.8) is 0 Å². The maximum Gasteiger partial charge on any atom is 0.328 e. The molecule has 1 amide bonds. The summed E-state index contributed by atoms with van der Waals surface area (Å²) in [7, 11) is 0. The van der Waals surface area contributed by atoms with Crippen LogP contribution in [0.5, 0.6) is 0 Å². The molecule has 0 radical (unpaired) electrons. The van der Waals surface area contributed by atoms with E-state index in [4.69, 9.17) is 9.52 Å². The van der Waals surface area contributed by atoms with Gasteiger partial charge in [-0.15, -0.1) is 0 Å². The number of rotatable bonds is 4. The van der Waals surface area contributed by atoms with Crippen molar-refractivity contribution in [1.82, 2.24) is 4.98 Å². The van der Waals surface area contributed by atoms with E-state index in [0.717, 1.165) is 6.08 Å². The first-order chi connectivity index (χ1) is 9.54. The van der Waals surface area contributed by atoms with Gasteiger partial charge in [-0.1, -0.05) is 12.1 Å². The summed E-state index contributed by atoms with van der Waals surface area (Å²) in [5.41, 5.74) is 1.66. The van der Waals surface area contributed by atoms with E-state index in [9.17, 15) is 9.59 Å². The van der Waals surface area contributed by atoms with Crippen LogP contribution in [0.3, 0.4) is 0 Å². The summed E-state index contributed by atoms with van der Waals surface area (Å²) in [5, 5.41) is 11.1. The number of carbonyl (C=O) groups is 2. The van der Waals surface area contributed by atoms with Crippen LogP contribution in [0.25, 0.3) is 6.08 Å². The number of carbonyl (C=O) groups excluding carboxylic acids is 1. The van der Waals surface area contributed by atoms with Crippen LogP contribution < -0.4 is 5.32 Å². The summed E-state index contributed by atoms with van der Waals surface area (Å²) in [6.45, 7) is 1.75. The van der Waals surface area contributed by atoms with Crippen molar-refractivity contribution in [2.45, 2.75) is 6.92 Å². The van der Waals surface area contributed by atoms with E-state index < -0.39 is 5.97 Å². The van der Waals surface area contributed by atoms with Crippen molar-refractivity contribution in [3.05, 3.63) is 53.4 Å². The number of benzene rings is 1. The summed E-state index contributed by atoms with van der Waals surface area (Å²) in [6.07, 6.45) is 3.85. The first kappa shape index (κ1) is 13.5. The van der Waals surface area contributed by atoms with Crippen molar-refractivity contribution in [3.8, 4) is 0 Å². The van der Waals surface area contributed by atoms with Crippen molar-refractivity contribution >= 4 is 24.0 Å². The lowest BCUT2D eigenvalue weighted by Gasteiger charge is -2.02. The Hall–Kier alpha value is -2.89. The number of aromatic nitrogens is 1. The maximum atomic E-state index is 12.0. The lowest BCUT2D eigenvalue weighted by molar-refractivity contribution is -0.131. The third kappa shape index (κ3) is 3.55. The second-order valence-electron chi connectivity index (χ2n) is 4.05. The second-order valence-corrected chi connectivity index (χ2v) is 4.05. The number of nitrogens with zero attached hydrogens (tertiary/aromatic N) is 1. The summed E-state index contributed by atoms with van der Waals surface area (Å²) >= 11 is 0. The predicted molar refractivity (Wildman–Crippen MR) is 72.3 cm³/mol. The van der Waals surface area contributed by atoms with Gasteiger partial charge in [0.1, 0.15) is 6.26 Å². The minimum absolute atomic E-state index is 0.124. The number of aryl methyl sites for hydroxylation is 1. The molecule has 20 heavy (non-hydrogen) atoms. The van der Waals surface area contributed by atoms with Crippen LogP contribution in [-0.4, -0.2) is 22.0 Å². The molecule has 2 N–H and O–H groups in total. The Labute approximate surface area is 114 Å². The monoisotopic (exact) mass is 272 g/mol. The third-order valence-corrected chi connectivity index (χ3v) is 2.41. The first-order valence-corrected chi connectivity index (χ1v) is 5.79. The number of hydrogen-bond donors (Lipinski definition) is 2. The van der Waals surface area contributed by atoms with Crippen molar-refractivity contribution in [1.29, 1.82) is 0 Å². The molecule has 0 aliphatic rings. The minimum Gasteiger partial charge on any atom is -0.478 e. The van der Waals surface area contributed by atoms with Gasteiger partial charge in [-0.3, -0.25) is 10.1 Å². The Morgan fingerprint density at radius 3 is 2.85 bits per heavy atom. The molecule has 1 heterocycles. The van der Waals surface area contributed by atoms with Crippen LogP contribution in [0.15, 0.2) is 41.0 Å². The van der Waals surface area contributed by atoms with E-state index >= 15 is 0 Å². The second kappa shape index (κ2) is 5.83. The normalized spacial score (nSPS) is 10.7. The smallest absolute Gasteiger partial charge is 0.328 e. The largest absolute Gasteiger partial charge is 0.478 e. The summed E-state index contributed by atoms with van der Waals surface area (Å²) in [5.74, 6) is -1.42.